The third-order valence-electron chi connectivity index (χ3n) is 2.40. The molecule has 1 amide bonds. The van der Waals surface area contributed by atoms with E-state index in [9.17, 15) is 18.0 Å². The van der Waals surface area contributed by atoms with Crippen LogP contribution in [0.25, 0.3) is 0 Å². The molecule has 1 aromatic carbocycles. The molecule has 0 radical (unpaired) electrons. The van der Waals surface area contributed by atoms with Crippen LogP contribution >= 0.6 is 11.6 Å². The molecule has 0 unspecified atom stereocenters. The van der Waals surface area contributed by atoms with E-state index in [1.807, 2.05) is 0 Å². The Morgan fingerprint density at radius 1 is 1.40 bits per heavy atom. The molecule has 0 saturated heterocycles. The van der Waals surface area contributed by atoms with Crippen LogP contribution in [0.5, 0.6) is 0 Å². The average molecular weight is 307 g/mol. The Morgan fingerprint density at radius 3 is 2.70 bits per heavy atom. The Labute approximate surface area is 119 Å². The van der Waals surface area contributed by atoms with E-state index in [-0.39, 0.29) is 29.6 Å². The van der Waals surface area contributed by atoms with Gasteiger partial charge in [-0.2, -0.15) is 13.2 Å². The summed E-state index contributed by atoms with van der Waals surface area (Å²) in [5.74, 6) is -0.264. The van der Waals surface area contributed by atoms with Gasteiger partial charge >= 0.3 is 6.18 Å². The molecule has 20 heavy (non-hydrogen) atoms. The normalized spacial score (nSPS) is 11.0. The predicted octanol–water partition coefficient (Wildman–Crippen LogP) is 3.46. The van der Waals surface area contributed by atoms with Gasteiger partial charge in [-0.1, -0.05) is 17.7 Å². The molecule has 0 aliphatic heterocycles. The van der Waals surface area contributed by atoms with Crippen LogP contribution < -0.4 is 10.6 Å². The smallest absolute Gasteiger partial charge is 0.384 e. The third-order valence-corrected chi connectivity index (χ3v) is 2.63. The number of carbonyl (C=O) groups excluding carboxylic acids is 1. The highest BCUT2D eigenvalue weighted by Gasteiger charge is 2.33. The summed E-state index contributed by atoms with van der Waals surface area (Å²) in [7, 11) is 0. The summed E-state index contributed by atoms with van der Waals surface area (Å²) in [5, 5.41) is 5.13. The molecule has 2 N–H and O–H groups in total. The quantitative estimate of drug-likeness (QED) is 0.790. The minimum atomic E-state index is -4.50. The average Bonchev–Trinajstić information content (AvgIpc) is 2.37. The first-order valence-electron chi connectivity index (χ1n) is 5.83. The monoisotopic (exact) mass is 306 g/mol. The van der Waals surface area contributed by atoms with Crippen LogP contribution in [-0.2, 0) is 11.0 Å². The number of anilines is 1. The van der Waals surface area contributed by atoms with Crippen LogP contribution in [-0.4, -0.2) is 19.0 Å². The lowest BCUT2D eigenvalue weighted by Gasteiger charge is -2.14. The Hall–Kier alpha value is -1.69. The van der Waals surface area contributed by atoms with Gasteiger partial charge < -0.3 is 10.6 Å². The molecular formula is C13H14ClF3N2O. The standard InChI is InChI=1S/C13H14ClF3N2O/c1-2-6-19-12(20)5-7-18-11-4-3-9(14)8-10(11)13(15,16)17/h2-4,8,18H,1,5-7H2,(H,19,20). The Bertz CT molecular complexity index is 489. The molecular weight excluding hydrogens is 293 g/mol. The maximum Gasteiger partial charge on any atom is 0.418 e. The summed E-state index contributed by atoms with van der Waals surface area (Å²) in [4.78, 5) is 11.3. The van der Waals surface area contributed by atoms with Crippen LogP contribution in [0.1, 0.15) is 12.0 Å². The van der Waals surface area contributed by atoms with Crippen LogP contribution in [0.15, 0.2) is 30.9 Å². The van der Waals surface area contributed by atoms with Crippen LogP contribution in [0.4, 0.5) is 18.9 Å². The van der Waals surface area contributed by atoms with Crippen molar-refractivity contribution in [3.05, 3.63) is 41.4 Å². The summed E-state index contributed by atoms with van der Waals surface area (Å²) < 4.78 is 38.4. The summed E-state index contributed by atoms with van der Waals surface area (Å²) >= 11 is 5.56. The zero-order valence-electron chi connectivity index (χ0n) is 10.6. The van der Waals surface area contributed by atoms with Gasteiger partial charge in [-0.05, 0) is 18.2 Å². The highest BCUT2D eigenvalue weighted by Crippen LogP contribution is 2.36. The van der Waals surface area contributed by atoms with Gasteiger partial charge in [0, 0.05) is 30.2 Å². The molecule has 0 atom stereocenters. The van der Waals surface area contributed by atoms with E-state index in [1.165, 1.54) is 18.2 Å². The number of halogens is 4. The maximum atomic E-state index is 12.8. The highest BCUT2D eigenvalue weighted by molar-refractivity contribution is 6.30. The molecule has 1 aromatic rings. The van der Waals surface area contributed by atoms with Crippen molar-refractivity contribution >= 4 is 23.2 Å². The van der Waals surface area contributed by atoms with E-state index in [0.29, 0.717) is 6.54 Å². The van der Waals surface area contributed by atoms with E-state index in [2.05, 4.69) is 17.2 Å². The van der Waals surface area contributed by atoms with Crippen molar-refractivity contribution in [2.75, 3.05) is 18.4 Å². The zero-order chi connectivity index (χ0) is 15.2. The van der Waals surface area contributed by atoms with Crippen molar-refractivity contribution in [1.29, 1.82) is 0 Å². The van der Waals surface area contributed by atoms with Gasteiger partial charge in [-0.15, -0.1) is 6.58 Å². The minimum Gasteiger partial charge on any atom is -0.384 e. The number of benzene rings is 1. The first-order chi connectivity index (χ1) is 9.34. The number of nitrogens with one attached hydrogen (secondary N) is 2. The highest BCUT2D eigenvalue weighted by atomic mass is 35.5. The molecule has 0 fully saturated rings. The van der Waals surface area contributed by atoms with E-state index >= 15 is 0 Å². The molecule has 3 nitrogen and oxygen atoms in total. The SMILES string of the molecule is C=CCNC(=O)CCNc1ccc(Cl)cc1C(F)(F)F. The number of rotatable bonds is 6. The number of amides is 1. The summed E-state index contributed by atoms with van der Waals surface area (Å²) in [6, 6.07) is 3.45. The molecule has 0 saturated carbocycles. The van der Waals surface area contributed by atoms with Gasteiger partial charge in [0.2, 0.25) is 5.91 Å². The summed E-state index contributed by atoms with van der Waals surface area (Å²) in [6.07, 6.45) is -2.92. The minimum absolute atomic E-state index is 0.00611. The van der Waals surface area contributed by atoms with Crippen molar-refractivity contribution in [3.63, 3.8) is 0 Å². The van der Waals surface area contributed by atoms with Crippen LogP contribution in [0.3, 0.4) is 0 Å². The van der Waals surface area contributed by atoms with Gasteiger partial charge in [-0.3, -0.25) is 4.79 Å². The van der Waals surface area contributed by atoms with E-state index < -0.39 is 11.7 Å². The molecule has 0 aliphatic rings. The Morgan fingerprint density at radius 2 is 2.10 bits per heavy atom. The van der Waals surface area contributed by atoms with Crippen molar-refractivity contribution in [3.8, 4) is 0 Å². The number of alkyl halides is 3. The van der Waals surface area contributed by atoms with Crippen molar-refractivity contribution in [1.82, 2.24) is 5.32 Å². The largest absolute Gasteiger partial charge is 0.418 e. The molecule has 0 aromatic heterocycles. The van der Waals surface area contributed by atoms with E-state index in [4.69, 9.17) is 11.6 Å². The van der Waals surface area contributed by atoms with Crippen LogP contribution in [0, 0.1) is 0 Å². The lowest BCUT2D eigenvalue weighted by atomic mass is 10.1. The molecule has 0 heterocycles. The van der Waals surface area contributed by atoms with Crippen LogP contribution in [0.2, 0.25) is 5.02 Å². The number of carbonyl (C=O) groups is 1. The fraction of sp³-hybridized carbons (Fsp3) is 0.308. The number of hydrogen-bond acceptors (Lipinski definition) is 2. The van der Waals surface area contributed by atoms with Gasteiger partial charge in [0.1, 0.15) is 0 Å². The van der Waals surface area contributed by atoms with Crippen molar-refractivity contribution in [2.45, 2.75) is 12.6 Å². The van der Waals surface area contributed by atoms with E-state index in [0.717, 1.165) is 6.07 Å². The third kappa shape index (κ3) is 5.13. The first-order valence-corrected chi connectivity index (χ1v) is 6.20. The fourth-order valence-corrected chi connectivity index (χ4v) is 1.66. The summed E-state index contributed by atoms with van der Waals surface area (Å²) in [6.45, 7) is 3.86. The molecule has 0 bridgehead atoms. The molecule has 7 heteroatoms. The maximum absolute atomic E-state index is 12.8. The molecule has 0 aliphatic carbocycles. The second-order valence-electron chi connectivity index (χ2n) is 3.96. The topological polar surface area (TPSA) is 41.1 Å². The molecule has 0 spiro atoms. The Kier molecular flexibility index (Phi) is 5.88. The van der Waals surface area contributed by atoms with Gasteiger partial charge in [0.05, 0.1) is 5.56 Å². The second-order valence-corrected chi connectivity index (χ2v) is 4.39. The Balaban J connectivity index is 2.64. The predicted molar refractivity (Wildman–Crippen MR) is 72.8 cm³/mol. The lowest BCUT2D eigenvalue weighted by Crippen LogP contribution is -2.25. The molecule has 1 rings (SSSR count). The lowest BCUT2D eigenvalue weighted by molar-refractivity contribution is -0.137. The van der Waals surface area contributed by atoms with Gasteiger partial charge in [0.15, 0.2) is 0 Å². The second kappa shape index (κ2) is 7.19. The van der Waals surface area contributed by atoms with E-state index in [1.54, 1.807) is 0 Å². The van der Waals surface area contributed by atoms with Crippen molar-refractivity contribution in [2.24, 2.45) is 0 Å². The van der Waals surface area contributed by atoms with Crippen molar-refractivity contribution < 1.29 is 18.0 Å². The first kappa shape index (κ1) is 16.4. The fourth-order valence-electron chi connectivity index (χ4n) is 1.49. The zero-order valence-corrected chi connectivity index (χ0v) is 11.3. The molecule has 110 valence electrons. The van der Waals surface area contributed by atoms with Gasteiger partial charge in [-0.25, -0.2) is 0 Å². The number of hydrogen-bond donors (Lipinski definition) is 2. The van der Waals surface area contributed by atoms with Gasteiger partial charge in [0.25, 0.3) is 0 Å². The summed E-state index contributed by atoms with van der Waals surface area (Å²) in [5.41, 5.74) is -0.949.